The molecule has 0 N–H and O–H groups in total. The second kappa shape index (κ2) is 32.0. The number of rotatable bonds is 33. The quantitative estimate of drug-likeness (QED) is 0.0780. The van der Waals surface area contributed by atoms with Gasteiger partial charge >= 0.3 is 11.9 Å². The van der Waals surface area contributed by atoms with E-state index in [2.05, 4.69) is 6.92 Å². The van der Waals surface area contributed by atoms with E-state index in [0.29, 0.717) is 106 Å². The number of ether oxygens (including phenoxy) is 10. The molecule has 0 aromatic heterocycles. The number of hydrogen-bond donors (Lipinski definition) is 0. The molecular weight excluding hydrogens is 564 g/mol. The number of carbonyl (C=O) groups excluding carboxylic acids is 2. The Morgan fingerprint density at radius 2 is 0.791 bits per heavy atom. The monoisotopic (exact) mass is 624 g/mol. The second-order valence-corrected chi connectivity index (χ2v) is 10.7. The summed E-state index contributed by atoms with van der Waals surface area (Å²) in [6.45, 7) is 14.6. The maximum Gasteiger partial charge on any atom is 0.332 e. The zero-order chi connectivity index (χ0) is 31.7. The summed E-state index contributed by atoms with van der Waals surface area (Å²) in [4.78, 5) is 23.1. The third-order valence-electron chi connectivity index (χ3n) is 5.47. The number of esters is 2. The van der Waals surface area contributed by atoms with Crippen LogP contribution in [-0.4, -0.2) is 130 Å². The van der Waals surface area contributed by atoms with Gasteiger partial charge in [0.25, 0.3) is 0 Å². The van der Waals surface area contributed by atoms with Crippen molar-refractivity contribution in [3.8, 4) is 0 Å². The molecule has 0 radical (unpaired) electrons. The fourth-order valence-electron chi connectivity index (χ4n) is 3.40. The van der Waals surface area contributed by atoms with Gasteiger partial charge in [-0.25, -0.2) is 4.79 Å². The largest absolute Gasteiger partial charge is 0.463 e. The van der Waals surface area contributed by atoms with Crippen molar-refractivity contribution in [2.45, 2.75) is 78.2 Å². The van der Waals surface area contributed by atoms with Crippen molar-refractivity contribution in [2.75, 3.05) is 112 Å². The molecule has 0 heterocycles. The lowest BCUT2D eigenvalue weighted by atomic mass is 10.1. The van der Waals surface area contributed by atoms with Crippen LogP contribution in [0.4, 0.5) is 0 Å². The first-order chi connectivity index (χ1) is 20.8. The molecule has 0 aromatic carbocycles. The van der Waals surface area contributed by atoms with E-state index in [9.17, 15) is 9.59 Å². The topological polar surface area (TPSA) is 126 Å². The maximum absolute atomic E-state index is 11.6. The van der Waals surface area contributed by atoms with Gasteiger partial charge in [0.1, 0.15) is 18.8 Å². The van der Waals surface area contributed by atoms with E-state index in [0.717, 1.165) is 12.8 Å². The summed E-state index contributed by atoms with van der Waals surface area (Å²) in [5.41, 5.74) is -0.511. The van der Waals surface area contributed by atoms with Crippen molar-refractivity contribution in [2.24, 2.45) is 0 Å². The van der Waals surface area contributed by atoms with Gasteiger partial charge in [0.2, 0.25) is 0 Å². The molecule has 0 rings (SSSR count). The molecule has 0 amide bonds. The Morgan fingerprint density at radius 3 is 1.19 bits per heavy atom. The third-order valence-corrected chi connectivity index (χ3v) is 5.47. The van der Waals surface area contributed by atoms with Crippen LogP contribution in [-0.2, 0) is 57.0 Å². The van der Waals surface area contributed by atoms with Gasteiger partial charge in [-0.15, -0.1) is 0 Å². The first-order valence-corrected chi connectivity index (χ1v) is 15.8. The minimum atomic E-state index is -0.511. The van der Waals surface area contributed by atoms with Crippen LogP contribution < -0.4 is 0 Å². The van der Waals surface area contributed by atoms with Gasteiger partial charge in [0.05, 0.1) is 99.1 Å². The minimum Gasteiger partial charge on any atom is -0.463 e. The summed E-state index contributed by atoms with van der Waals surface area (Å²) in [7, 11) is 0. The molecule has 256 valence electrons. The first-order valence-electron chi connectivity index (χ1n) is 15.8. The van der Waals surface area contributed by atoms with Crippen LogP contribution in [0.3, 0.4) is 0 Å². The van der Waals surface area contributed by atoms with E-state index < -0.39 is 5.60 Å². The van der Waals surface area contributed by atoms with Crippen molar-refractivity contribution in [1.82, 2.24) is 0 Å². The van der Waals surface area contributed by atoms with Crippen LogP contribution in [0.5, 0.6) is 0 Å². The van der Waals surface area contributed by atoms with Crippen LogP contribution in [0.1, 0.15) is 72.6 Å². The smallest absolute Gasteiger partial charge is 0.332 e. The molecule has 0 fully saturated rings. The maximum atomic E-state index is 11.6. The van der Waals surface area contributed by atoms with E-state index in [1.807, 2.05) is 20.8 Å². The molecule has 0 unspecified atom stereocenters. The SMILES string of the molecule is CCCCCCCCC(=O)OCCOCCOCCOCCOCCOCCOCCOCCOCC(=O)OC(C)(C)C. The Kier molecular flexibility index (Phi) is 31.0. The van der Waals surface area contributed by atoms with Gasteiger partial charge in [-0.2, -0.15) is 0 Å². The van der Waals surface area contributed by atoms with Crippen molar-refractivity contribution in [3.63, 3.8) is 0 Å². The van der Waals surface area contributed by atoms with Crippen LogP contribution in [0.15, 0.2) is 0 Å². The van der Waals surface area contributed by atoms with Crippen molar-refractivity contribution < 1.29 is 57.0 Å². The second-order valence-electron chi connectivity index (χ2n) is 10.7. The number of hydrogen-bond acceptors (Lipinski definition) is 12. The van der Waals surface area contributed by atoms with E-state index in [1.165, 1.54) is 25.7 Å². The Balaban J connectivity index is 3.15. The molecule has 0 aromatic rings. The molecule has 12 nitrogen and oxygen atoms in total. The lowest BCUT2D eigenvalue weighted by Crippen LogP contribution is -2.27. The predicted molar refractivity (Wildman–Crippen MR) is 161 cm³/mol. The molecule has 0 bridgehead atoms. The molecule has 0 atom stereocenters. The van der Waals surface area contributed by atoms with Crippen molar-refractivity contribution in [3.05, 3.63) is 0 Å². The predicted octanol–water partition coefficient (Wildman–Crippen LogP) is 3.75. The normalized spacial score (nSPS) is 11.6. The van der Waals surface area contributed by atoms with Gasteiger partial charge in [0, 0.05) is 6.42 Å². The average molecular weight is 625 g/mol. The van der Waals surface area contributed by atoms with Crippen molar-refractivity contribution >= 4 is 11.9 Å². The van der Waals surface area contributed by atoms with Crippen LogP contribution in [0, 0.1) is 0 Å². The highest BCUT2D eigenvalue weighted by Crippen LogP contribution is 2.08. The molecule has 0 saturated carbocycles. The summed E-state index contributed by atoms with van der Waals surface area (Å²) in [5, 5.41) is 0. The average Bonchev–Trinajstić information content (AvgIpc) is 2.95. The highest BCUT2D eigenvalue weighted by atomic mass is 16.6. The van der Waals surface area contributed by atoms with E-state index in [1.54, 1.807) is 0 Å². The fraction of sp³-hybridized carbons (Fsp3) is 0.935. The summed E-state index contributed by atoms with van der Waals surface area (Å²) in [6, 6.07) is 0. The highest BCUT2D eigenvalue weighted by Gasteiger charge is 2.15. The molecule has 43 heavy (non-hydrogen) atoms. The van der Waals surface area contributed by atoms with E-state index >= 15 is 0 Å². The van der Waals surface area contributed by atoms with Gasteiger partial charge in [-0.05, 0) is 27.2 Å². The van der Waals surface area contributed by atoms with Gasteiger partial charge in [0.15, 0.2) is 0 Å². The molecule has 0 spiro atoms. The fourth-order valence-corrected chi connectivity index (χ4v) is 3.40. The molecular formula is C31H60O12. The highest BCUT2D eigenvalue weighted by molar-refractivity contribution is 5.71. The Morgan fingerprint density at radius 1 is 0.442 bits per heavy atom. The Labute approximate surface area is 259 Å². The minimum absolute atomic E-state index is 0.0837. The summed E-state index contributed by atoms with van der Waals surface area (Å²) < 4.78 is 53.5. The van der Waals surface area contributed by atoms with Crippen molar-refractivity contribution in [1.29, 1.82) is 0 Å². The first kappa shape index (κ1) is 41.6. The summed E-state index contributed by atoms with van der Waals surface area (Å²) >= 11 is 0. The van der Waals surface area contributed by atoms with E-state index in [4.69, 9.17) is 47.4 Å². The Bertz CT molecular complexity index is 612. The molecule has 0 aliphatic carbocycles. The van der Waals surface area contributed by atoms with Gasteiger partial charge in [-0.3, -0.25) is 4.79 Å². The van der Waals surface area contributed by atoms with Gasteiger partial charge < -0.3 is 47.4 Å². The lowest BCUT2D eigenvalue weighted by Gasteiger charge is -2.19. The zero-order valence-electron chi connectivity index (χ0n) is 27.4. The Hall–Kier alpha value is -1.38. The third kappa shape index (κ3) is 36.7. The van der Waals surface area contributed by atoms with Crippen LogP contribution >= 0.6 is 0 Å². The molecule has 0 aliphatic heterocycles. The summed E-state index contributed by atoms with van der Waals surface area (Å²) in [6.07, 6.45) is 7.41. The molecule has 0 aliphatic rings. The molecule has 12 heteroatoms. The number of carbonyl (C=O) groups is 2. The lowest BCUT2D eigenvalue weighted by molar-refractivity contribution is -0.160. The van der Waals surface area contributed by atoms with Gasteiger partial charge in [-0.1, -0.05) is 39.0 Å². The number of unbranched alkanes of at least 4 members (excludes halogenated alkanes) is 5. The van der Waals surface area contributed by atoms with Crippen LogP contribution in [0.25, 0.3) is 0 Å². The van der Waals surface area contributed by atoms with Crippen LogP contribution in [0.2, 0.25) is 0 Å². The zero-order valence-corrected chi connectivity index (χ0v) is 27.4. The summed E-state index contributed by atoms with van der Waals surface area (Å²) in [5.74, 6) is -0.535. The standard InChI is InChI=1S/C31H60O12/c1-5-6-7-8-9-10-11-29(32)42-27-26-40-23-22-38-19-18-36-15-14-34-12-13-35-16-17-37-20-21-39-24-25-41-28-30(33)43-31(2,3)4/h5-28H2,1-4H3. The van der Waals surface area contributed by atoms with E-state index in [-0.39, 0.29) is 25.2 Å². The molecule has 0 saturated heterocycles.